The van der Waals surface area contributed by atoms with Gasteiger partial charge in [0, 0.05) is 22.2 Å². The minimum atomic E-state index is -0.404. The highest BCUT2D eigenvalue weighted by Crippen LogP contribution is 2.26. The summed E-state index contributed by atoms with van der Waals surface area (Å²) in [6, 6.07) is 8.08. The molecule has 0 bridgehead atoms. The number of thiazole rings is 1. The average molecular weight is 330 g/mol. The zero-order valence-electron chi connectivity index (χ0n) is 11.7. The van der Waals surface area contributed by atoms with E-state index in [0.717, 1.165) is 10.9 Å². The number of hydrogen-bond acceptors (Lipinski definition) is 6. The van der Waals surface area contributed by atoms with Gasteiger partial charge in [0.25, 0.3) is 0 Å². The van der Waals surface area contributed by atoms with E-state index >= 15 is 0 Å². The molecule has 0 aliphatic rings. The van der Waals surface area contributed by atoms with Crippen LogP contribution in [0.5, 0.6) is 0 Å². The largest absolute Gasteiger partial charge is 0.456 e. The Morgan fingerprint density at radius 1 is 1.32 bits per heavy atom. The Kier molecular flexibility index (Phi) is 4.50. The second kappa shape index (κ2) is 6.72. The van der Waals surface area contributed by atoms with Crippen LogP contribution in [0.2, 0.25) is 0 Å². The second-order valence-electron chi connectivity index (χ2n) is 4.54. The Balaban J connectivity index is 1.64. The van der Waals surface area contributed by atoms with Gasteiger partial charge in [0.05, 0.1) is 0 Å². The summed E-state index contributed by atoms with van der Waals surface area (Å²) in [5, 5.41) is 8.58. The van der Waals surface area contributed by atoms with E-state index in [1.807, 2.05) is 23.6 Å². The van der Waals surface area contributed by atoms with E-state index in [1.165, 1.54) is 16.0 Å². The Morgan fingerprint density at radius 2 is 2.18 bits per heavy atom. The van der Waals surface area contributed by atoms with Gasteiger partial charge in [-0.15, -0.1) is 29.3 Å². The molecule has 0 spiro atoms. The van der Waals surface area contributed by atoms with Gasteiger partial charge in [0.1, 0.15) is 6.61 Å². The van der Waals surface area contributed by atoms with Gasteiger partial charge in [-0.05, 0) is 16.8 Å². The standard InChI is InChI=1S/C16H14N2O2S2/c1-2-7-17-16-18-13(10-22-16)15(19)20-8-11-9-21-14-6-4-3-5-12(11)14/h2-6,9-10H,1,7-8H2,(H,17,18). The van der Waals surface area contributed by atoms with Crippen LogP contribution >= 0.6 is 22.7 Å². The molecule has 0 aliphatic carbocycles. The zero-order valence-corrected chi connectivity index (χ0v) is 13.4. The normalized spacial score (nSPS) is 10.5. The number of carbonyl (C=O) groups excluding carboxylic acids is 1. The Labute approximate surface area is 136 Å². The minimum absolute atomic E-state index is 0.260. The SMILES string of the molecule is C=CCNc1nc(C(=O)OCc2csc3ccccc23)cs1. The third-order valence-electron chi connectivity index (χ3n) is 3.03. The maximum atomic E-state index is 12.0. The number of anilines is 1. The van der Waals surface area contributed by atoms with Crippen molar-refractivity contribution >= 4 is 43.9 Å². The number of carbonyl (C=O) groups is 1. The number of benzene rings is 1. The first-order valence-corrected chi connectivity index (χ1v) is 8.46. The highest BCUT2D eigenvalue weighted by atomic mass is 32.1. The lowest BCUT2D eigenvalue weighted by molar-refractivity contribution is 0.0469. The van der Waals surface area contributed by atoms with Crippen molar-refractivity contribution in [2.75, 3.05) is 11.9 Å². The van der Waals surface area contributed by atoms with E-state index in [4.69, 9.17) is 4.74 Å². The first-order valence-electron chi connectivity index (χ1n) is 6.70. The molecule has 22 heavy (non-hydrogen) atoms. The summed E-state index contributed by atoms with van der Waals surface area (Å²) < 4.78 is 6.56. The van der Waals surface area contributed by atoms with Crippen LogP contribution in [0.15, 0.2) is 47.7 Å². The highest BCUT2D eigenvalue weighted by Gasteiger charge is 2.13. The van der Waals surface area contributed by atoms with Crippen molar-refractivity contribution in [3.63, 3.8) is 0 Å². The highest BCUT2D eigenvalue weighted by molar-refractivity contribution is 7.17. The molecule has 3 aromatic rings. The third-order valence-corrected chi connectivity index (χ3v) is 4.84. The molecule has 2 heterocycles. The number of esters is 1. The predicted octanol–water partition coefficient (Wildman–Crippen LogP) is 4.31. The van der Waals surface area contributed by atoms with Crippen LogP contribution in [0.1, 0.15) is 16.1 Å². The van der Waals surface area contributed by atoms with Crippen molar-refractivity contribution in [1.82, 2.24) is 4.98 Å². The smallest absolute Gasteiger partial charge is 0.358 e. The zero-order chi connectivity index (χ0) is 15.4. The number of nitrogens with zero attached hydrogens (tertiary/aromatic N) is 1. The fourth-order valence-corrected chi connectivity index (χ4v) is 3.61. The van der Waals surface area contributed by atoms with Gasteiger partial charge in [0.15, 0.2) is 10.8 Å². The molecular formula is C16H14N2O2S2. The number of ether oxygens (including phenoxy) is 1. The third kappa shape index (κ3) is 3.18. The molecule has 2 aromatic heterocycles. The molecule has 0 aliphatic heterocycles. The van der Waals surface area contributed by atoms with Crippen LogP contribution in [0, 0.1) is 0 Å². The molecule has 0 saturated carbocycles. The average Bonchev–Trinajstić information content (AvgIpc) is 3.18. The van der Waals surface area contributed by atoms with Gasteiger partial charge < -0.3 is 10.1 Å². The lowest BCUT2D eigenvalue weighted by atomic mass is 10.2. The van der Waals surface area contributed by atoms with Crippen LogP contribution < -0.4 is 5.32 Å². The van der Waals surface area contributed by atoms with Gasteiger partial charge in [-0.3, -0.25) is 0 Å². The van der Waals surface area contributed by atoms with Crippen LogP contribution in [0.25, 0.3) is 10.1 Å². The molecule has 6 heteroatoms. The van der Waals surface area contributed by atoms with Crippen molar-refractivity contribution in [3.05, 3.63) is 58.9 Å². The van der Waals surface area contributed by atoms with Gasteiger partial charge >= 0.3 is 5.97 Å². The molecule has 3 rings (SSSR count). The summed E-state index contributed by atoms with van der Waals surface area (Å²) in [6.45, 7) is 4.50. The number of fused-ring (bicyclic) bond motifs is 1. The predicted molar refractivity (Wildman–Crippen MR) is 91.7 cm³/mol. The van der Waals surface area contributed by atoms with Crippen molar-refractivity contribution < 1.29 is 9.53 Å². The fourth-order valence-electron chi connectivity index (χ4n) is 1.97. The molecule has 112 valence electrons. The maximum absolute atomic E-state index is 12.0. The summed E-state index contributed by atoms with van der Waals surface area (Å²) in [5.41, 5.74) is 1.35. The molecule has 0 atom stereocenters. The summed E-state index contributed by atoms with van der Waals surface area (Å²) in [5.74, 6) is -0.404. The van der Waals surface area contributed by atoms with Gasteiger partial charge in [0.2, 0.25) is 0 Å². The number of nitrogens with one attached hydrogen (secondary N) is 1. The number of thiophene rings is 1. The van der Waals surface area contributed by atoms with Crippen molar-refractivity contribution in [2.24, 2.45) is 0 Å². The molecule has 0 unspecified atom stereocenters. The molecule has 0 radical (unpaired) electrons. The summed E-state index contributed by atoms with van der Waals surface area (Å²) >= 11 is 3.03. The first kappa shape index (κ1) is 14.7. The van der Waals surface area contributed by atoms with E-state index < -0.39 is 5.97 Å². The molecule has 0 amide bonds. The number of rotatable bonds is 6. The van der Waals surface area contributed by atoms with Crippen LogP contribution in [-0.2, 0) is 11.3 Å². The topological polar surface area (TPSA) is 51.2 Å². The van der Waals surface area contributed by atoms with E-state index in [1.54, 1.807) is 22.8 Å². The monoisotopic (exact) mass is 330 g/mol. The molecule has 1 N–H and O–H groups in total. The van der Waals surface area contributed by atoms with Crippen molar-refractivity contribution in [3.8, 4) is 0 Å². The second-order valence-corrected chi connectivity index (χ2v) is 6.31. The fraction of sp³-hybridized carbons (Fsp3) is 0.125. The minimum Gasteiger partial charge on any atom is -0.456 e. The maximum Gasteiger partial charge on any atom is 0.358 e. The van der Waals surface area contributed by atoms with Gasteiger partial charge in [-0.25, -0.2) is 9.78 Å². The van der Waals surface area contributed by atoms with E-state index in [0.29, 0.717) is 17.4 Å². The van der Waals surface area contributed by atoms with E-state index in [9.17, 15) is 4.79 Å². The molecule has 0 fully saturated rings. The van der Waals surface area contributed by atoms with Crippen LogP contribution in [-0.4, -0.2) is 17.5 Å². The summed E-state index contributed by atoms with van der Waals surface area (Å²) in [4.78, 5) is 16.2. The summed E-state index contributed by atoms with van der Waals surface area (Å²) in [7, 11) is 0. The van der Waals surface area contributed by atoms with Crippen molar-refractivity contribution in [2.45, 2.75) is 6.61 Å². The first-order chi connectivity index (χ1) is 10.8. The molecule has 4 nitrogen and oxygen atoms in total. The summed E-state index contributed by atoms with van der Waals surface area (Å²) in [6.07, 6.45) is 1.74. The van der Waals surface area contributed by atoms with Gasteiger partial charge in [-0.1, -0.05) is 24.3 Å². The lowest BCUT2D eigenvalue weighted by Crippen LogP contribution is -2.06. The molecule has 1 aromatic carbocycles. The van der Waals surface area contributed by atoms with E-state index in [2.05, 4.69) is 22.9 Å². The quantitative estimate of drug-likeness (QED) is 0.540. The molecular weight excluding hydrogens is 316 g/mol. The number of aromatic nitrogens is 1. The van der Waals surface area contributed by atoms with Gasteiger partial charge in [-0.2, -0.15) is 0 Å². The van der Waals surface area contributed by atoms with Crippen molar-refractivity contribution in [1.29, 1.82) is 0 Å². The van der Waals surface area contributed by atoms with Crippen LogP contribution in [0.4, 0.5) is 5.13 Å². The molecule has 0 saturated heterocycles. The Bertz CT molecular complexity index is 807. The Morgan fingerprint density at radius 3 is 3.05 bits per heavy atom. The lowest BCUT2D eigenvalue weighted by Gasteiger charge is -2.02. The Hall–Kier alpha value is -2.18. The van der Waals surface area contributed by atoms with E-state index in [-0.39, 0.29) is 6.61 Å². The van der Waals surface area contributed by atoms with Crippen LogP contribution in [0.3, 0.4) is 0 Å². The number of hydrogen-bond donors (Lipinski definition) is 1.